The zero-order chi connectivity index (χ0) is 47.7. The van der Waals surface area contributed by atoms with E-state index in [-0.39, 0.29) is 29.9 Å². The van der Waals surface area contributed by atoms with Crippen LogP contribution in [-0.4, -0.2) is 74.8 Å². The molecule has 10 rings (SSSR count). The van der Waals surface area contributed by atoms with Gasteiger partial charge in [0.2, 0.25) is 17.6 Å². The standard InChI is InChI=1S/C25H18N8O2.C24H16N8O2/c26-14-16-9-10-19(18(11-16)24-30-32-33-31-24)29-25(35)21-13-17-7-4-8-20(23(17)28-21)27-22(34)12-15-5-2-1-3-6-15;25-13-14-9-10-18(17(11-14)22-29-31-32-30-22)27-24(34)20-12-16-7-4-8-19(21(16)26-20)28-23(33)15-5-2-1-3-6-15/h1-11,13,28H,12H2,(H,27,34)(H,29,35)(H,30,31,32,33);1-12,26H,(H,27,34)(H,28,33)(H,29,30,31,32). The number of carbonyl (C=O) groups is 4. The molecule has 10 aromatic rings. The lowest BCUT2D eigenvalue weighted by Crippen LogP contribution is -2.15. The molecule has 20 nitrogen and oxygen atoms in total. The first kappa shape index (κ1) is 43.6. The van der Waals surface area contributed by atoms with E-state index in [2.05, 4.69) is 84.6 Å². The lowest BCUT2D eigenvalue weighted by Gasteiger charge is -2.09. The molecule has 0 bridgehead atoms. The lowest BCUT2D eigenvalue weighted by molar-refractivity contribution is -0.115. The summed E-state index contributed by atoms with van der Waals surface area (Å²) in [5.41, 5.74) is 6.94. The molecule has 8 N–H and O–H groups in total. The van der Waals surface area contributed by atoms with Crippen LogP contribution in [0, 0.1) is 22.7 Å². The third kappa shape index (κ3) is 9.90. The highest BCUT2D eigenvalue weighted by molar-refractivity contribution is 6.12. The van der Waals surface area contributed by atoms with Crippen LogP contribution < -0.4 is 21.3 Å². The summed E-state index contributed by atoms with van der Waals surface area (Å²) in [6.45, 7) is 0. The van der Waals surface area contributed by atoms with E-state index in [9.17, 15) is 29.7 Å². The van der Waals surface area contributed by atoms with Crippen LogP contribution in [0.5, 0.6) is 0 Å². The van der Waals surface area contributed by atoms with Gasteiger partial charge in [0.05, 0.1) is 63.5 Å². The smallest absolute Gasteiger partial charge is 0.272 e. The Hall–Kier alpha value is -10.6. The van der Waals surface area contributed by atoms with Gasteiger partial charge in [0.15, 0.2) is 0 Å². The summed E-state index contributed by atoms with van der Waals surface area (Å²) < 4.78 is 0. The van der Waals surface area contributed by atoms with Crippen molar-refractivity contribution in [3.8, 4) is 34.9 Å². The van der Waals surface area contributed by atoms with Crippen LogP contribution in [-0.2, 0) is 11.2 Å². The first-order valence-corrected chi connectivity index (χ1v) is 20.8. The fourth-order valence-electron chi connectivity index (χ4n) is 7.27. The zero-order valence-electron chi connectivity index (χ0n) is 35.8. The van der Waals surface area contributed by atoms with Gasteiger partial charge in [0.25, 0.3) is 17.7 Å². The number of aromatic amines is 4. The van der Waals surface area contributed by atoms with Gasteiger partial charge < -0.3 is 31.2 Å². The van der Waals surface area contributed by atoms with Crippen LogP contribution in [0.4, 0.5) is 22.7 Å². The average Bonchev–Trinajstić information content (AvgIpc) is 4.24. The van der Waals surface area contributed by atoms with Crippen molar-refractivity contribution in [2.24, 2.45) is 0 Å². The quantitative estimate of drug-likeness (QED) is 0.0630. The van der Waals surface area contributed by atoms with E-state index >= 15 is 0 Å². The molecule has 0 saturated carbocycles. The molecule has 0 aliphatic heterocycles. The fourth-order valence-corrected chi connectivity index (χ4v) is 7.27. The minimum Gasteiger partial charge on any atom is -0.349 e. The van der Waals surface area contributed by atoms with Gasteiger partial charge in [-0.15, -0.1) is 20.4 Å². The van der Waals surface area contributed by atoms with Crippen LogP contribution in [0.2, 0.25) is 0 Å². The maximum absolute atomic E-state index is 13.1. The number of hydrogen-bond donors (Lipinski definition) is 8. The van der Waals surface area contributed by atoms with Gasteiger partial charge in [0, 0.05) is 27.5 Å². The third-order valence-electron chi connectivity index (χ3n) is 10.5. The molecule has 20 heteroatoms. The molecule has 4 amide bonds. The molecule has 334 valence electrons. The number of rotatable bonds is 11. The Kier molecular flexibility index (Phi) is 12.4. The summed E-state index contributed by atoms with van der Waals surface area (Å²) in [5.74, 6) is -0.738. The summed E-state index contributed by atoms with van der Waals surface area (Å²) in [7, 11) is 0. The molecule has 0 unspecified atom stereocenters. The second-order valence-corrected chi connectivity index (χ2v) is 15.1. The Morgan fingerprint density at radius 1 is 0.493 bits per heavy atom. The summed E-state index contributed by atoms with van der Waals surface area (Å²) in [5, 5.41) is 59.0. The van der Waals surface area contributed by atoms with E-state index in [1.165, 1.54) is 0 Å². The maximum Gasteiger partial charge on any atom is 0.272 e. The number of fused-ring (bicyclic) bond motifs is 2. The van der Waals surface area contributed by atoms with Gasteiger partial charge in [-0.05, 0) is 88.8 Å². The highest BCUT2D eigenvalue weighted by Crippen LogP contribution is 2.30. The minimum atomic E-state index is -0.411. The largest absolute Gasteiger partial charge is 0.349 e. The number of nitrogens with one attached hydrogen (secondary N) is 8. The number of amides is 4. The number of benzene rings is 6. The van der Waals surface area contributed by atoms with Crippen molar-refractivity contribution < 1.29 is 19.2 Å². The van der Waals surface area contributed by atoms with Crippen molar-refractivity contribution in [3.05, 3.63) is 179 Å². The van der Waals surface area contributed by atoms with Gasteiger partial charge in [-0.2, -0.15) is 21.0 Å². The number of nitriles is 2. The maximum atomic E-state index is 13.1. The van der Waals surface area contributed by atoms with Crippen molar-refractivity contribution in [2.45, 2.75) is 6.42 Å². The molecule has 6 aromatic carbocycles. The topological polar surface area (TPSA) is 304 Å². The molecule has 0 aliphatic rings. The minimum absolute atomic E-state index is 0.161. The van der Waals surface area contributed by atoms with Crippen molar-refractivity contribution in [2.75, 3.05) is 21.3 Å². The van der Waals surface area contributed by atoms with Crippen molar-refractivity contribution in [1.29, 1.82) is 10.5 Å². The SMILES string of the molecule is N#Cc1ccc(NC(=O)c2cc3cccc(NC(=O)Cc4ccccc4)c3[nH]2)c(-c2nn[nH]n2)c1.N#Cc1ccc(NC(=O)c2cc3cccc(NC(=O)c4ccccc4)c3[nH]2)c(-c2nn[nH]n2)c1. The molecule has 0 aliphatic carbocycles. The van der Waals surface area contributed by atoms with Gasteiger partial charge in [-0.1, -0.05) is 72.8 Å². The van der Waals surface area contributed by atoms with Crippen LogP contribution in [0.15, 0.2) is 146 Å². The van der Waals surface area contributed by atoms with Crippen molar-refractivity contribution >= 4 is 68.2 Å². The second-order valence-electron chi connectivity index (χ2n) is 15.1. The van der Waals surface area contributed by atoms with Crippen LogP contribution >= 0.6 is 0 Å². The summed E-state index contributed by atoms with van der Waals surface area (Å²) >= 11 is 0. The fraction of sp³-hybridized carbons (Fsp3) is 0.0204. The van der Waals surface area contributed by atoms with E-state index in [1.54, 1.807) is 91.0 Å². The third-order valence-corrected chi connectivity index (χ3v) is 10.5. The van der Waals surface area contributed by atoms with Crippen LogP contribution in [0.25, 0.3) is 44.6 Å². The highest BCUT2D eigenvalue weighted by Gasteiger charge is 2.19. The lowest BCUT2D eigenvalue weighted by atomic mass is 10.1. The molecular weight excluding hydrogens is 877 g/mol. The predicted octanol–water partition coefficient (Wildman–Crippen LogP) is 7.38. The number of H-pyrrole nitrogens is 4. The number of aromatic nitrogens is 10. The number of nitrogens with zero attached hydrogens (tertiary/aromatic N) is 8. The molecule has 0 fully saturated rings. The summed E-state index contributed by atoms with van der Waals surface area (Å²) in [6.07, 6.45) is 0.239. The average molecular weight is 911 g/mol. The number of carbonyl (C=O) groups excluding carboxylic acids is 4. The predicted molar refractivity (Wildman–Crippen MR) is 254 cm³/mol. The van der Waals surface area contributed by atoms with Gasteiger partial charge in [0.1, 0.15) is 11.4 Å². The van der Waals surface area contributed by atoms with E-state index < -0.39 is 11.8 Å². The van der Waals surface area contributed by atoms with Crippen LogP contribution in [0.1, 0.15) is 48.0 Å². The molecule has 0 atom stereocenters. The monoisotopic (exact) mass is 910 g/mol. The molecule has 4 aromatic heterocycles. The Labute approximate surface area is 389 Å². The number of tetrazole rings is 2. The van der Waals surface area contributed by atoms with E-state index in [1.807, 2.05) is 54.6 Å². The molecule has 69 heavy (non-hydrogen) atoms. The molecule has 4 heterocycles. The summed E-state index contributed by atoms with van der Waals surface area (Å²) in [4.78, 5) is 57.5. The summed E-state index contributed by atoms with van der Waals surface area (Å²) in [6, 6.07) is 46.2. The number of anilines is 4. The highest BCUT2D eigenvalue weighted by atomic mass is 16.2. The van der Waals surface area contributed by atoms with E-state index in [0.29, 0.717) is 73.0 Å². The van der Waals surface area contributed by atoms with Gasteiger partial charge >= 0.3 is 0 Å². The first-order chi connectivity index (χ1) is 33.7. The molecule has 0 spiro atoms. The Morgan fingerprint density at radius 2 is 0.971 bits per heavy atom. The van der Waals surface area contributed by atoms with Gasteiger partial charge in [-0.3, -0.25) is 19.2 Å². The normalized spacial score (nSPS) is 10.6. The Bertz CT molecular complexity index is 3590. The van der Waals surface area contributed by atoms with E-state index in [0.717, 1.165) is 16.3 Å². The first-order valence-electron chi connectivity index (χ1n) is 20.8. The number of para-hydroxylation sites is 2. The van der Waals surface area contributed by atoms with E-state index in [4.69, 9.17) is 0 Å². The number of hydrogen-bond acceptors (Lipinski definition) is 12. The molecule has 0 saturated heterocycles. The molecular formula is C49H34N16O4. The second kappa shape index (κ2) is 19.6. The Morgan fingerprint density at radius 3 is 1.45 bits per heavy atom. The zero-order valence-corrected chi connectivity index (χ0v) is 35.8. The van der Waals surface area contributed by atoms with Crippen LogP contribution in [0.3, 0.4) is 0 Å². The van der Waals surface area contributed by atoms with Crippen molar-refractivity contribution in [3.63, 3.8) is 0 Å². The van der Waals surface area contributed by atoms with Crippen molar-refractivity contribution in [1.82, 2.24) is 51.2 Å². The Balaban J connectivity index is 0.000000172. The molecule has 0 radical (unpaired) electrons. The van der Waals surface area contributed by atoms with Gasteiger partial charge in [-0.25, -0.2) is 0 Å².